The number of likely N-dealkylation sites (tertiary alicyclic amines) is 1. The molecule has 1 aromatic rings. The van der Waals surface area contributed by atoms with Crippen LogP contribution in [0.1, 0.15) is 0 Å². The summed E-state index contributed by atoms with van der Waals surface area (Å²) < 4.78 is 66.8. The molecule has 0 radical (unpaired) electrons. The summed E-state index contributed by atoms with van der Waals surface area (Å²) in [7, 11) is 0. The van der Waals surface area contributed by atoms with Crippen LogP contribution in [0.4, 0.5) is 32.4 Å². The monoisotopic (exact) mass is 368 g/mol. The minimum absolute atomic E-state index is 0.133. The van der Waals surface area contributed by atoms with Crippen LogP contribution in [0.15, 0.2) is 24.3 Å². The standard InChI is InChI=1S/C14H13F5N2O4/c15-12(16)25-8-3-1-7(2-4-8)20-13(24)21-5-9(11(22)23)10(6-21)14(17,18)19/h1-4,9-10,12H,5-6H2,(H,20,24)(H,22,23)/t9-,10-/m1/s1. The number of carboxylic acid groups (broad SMARTS) is 1. The largest absolute Gasteiger partial charge is 0.481 e. The lowest BCUT2D eigenvalue weighted by atomic mass is 9.96. The molecule has 11 heteroatoms. The maximum Gasteiger partial charge on any atom is 0.394 e. The highest BCUT2D eigenvalue weighted by molar-refractivity contribution is 5.90. The zero-order valence-electron chi connectivity index (χ0n) is 12.5. The maximum absolute atomic E-state index is 12.9. The minimum atomic E-state index is -4.74. The van der Waals surface area contributed by atoms with Crippen molar-refractivity contribution in [2.24, 2.45) is 11.8 Å². The van der Waals surface area contributed by atoms with E-state index in [4.69, 9.17) is 5.11 Å². The molecule has 0 saturated carbocycles. The molecule has 2 amide bonds. The van der Waals surface area contributed by atoms with Crippen LogP contribution in [0.25, 0.3) is 0 Å². The van der Waals surface area contributed by atoms with Gasteiger partial charge in [0.1, 0.15) is 5.75 Å². The third-order valence-corrected chi connectivity index (χ3v) is 3.68. The zero-order valence-corrected chi connectivity index (χ0v) is 12.5. The summed E-state index contributed by atoms with van der Waals surface area (Å²) in [6.07, 6.45) is -4.74. The summed E-state index contributed by atoms with van der Waals surface area (Å²) in [6, 6.07) is 3.82. The number of hydrogen-bond acceptors (Lipinski definition) is 3. The van der Waals surface area contributed by atoms with E-state index in [0.717, 1.165) is 17.0 Å². The van der Waals surface area contributed by atoms with Crippen molar-refractivity contribution >= 4 is 17.7 Å². The van der Waals surface area contributed by atoms with Crippen LogP contribution in [0.2, 0.25) is 0 Å². The van der Waals surface area contributed by atoms with Gasteiger partial charge >= 0.3 is 24.8 Å². The highest BCUT2D eigenvalue weighted by atomic mass is 19.4. The molecule has 0 aromatic heterocycles. The van der Waals surface area contributed by atoms with Gasteiger partial charge in [0.25, 0.3) is 0 Å². The van der Waals surface area contributed by atoms with E-state index >= 15 is 0 Å². The van der Waals surface area contributed by atoms with Crippen molar-refractivity contribution in [1.29, 1.82) is 0 Å². The normalized spacial score (nSPS) is 20.6. The second-order valence-electron chi connectivity index (χ2n) is 5.33. The lowest BCUT2D eigenvalue weighted by Crippen LogP contribution is -2.35. The highest BCUT2D eigenvalue weighted by Crippen LogP contribution is 2.37. The molecule has 2 atom stereocenters. The molecule has 2 N–H and O–H groups in total. The number of aliphatic carboxylic acids is 1. The van der Waals surface area contributed by atoms with Crippen LogP contribution in [-0.2, 0) is 4.79 Å². The first kappa shape index (κ1) is 18.7. The van der Waals surface area contributed by atoms with Gasteiger partial charge in [0, 0.05) is 18.8 Å². The average molecular weight is 368 g/mol. The zero-order chi connectivity index (χ0) is 18.8. The van der Waals surface area contributed by atoms with Crippen molar-refractivity contribution in [3.63, 3.8) is 0 Å². The number of rotatable bonds is 4. The summed E-state index contributed by atoms with van der Waals surface area (Å²) in [6.45, 7) is -4.38. The number of carbonyl (C=O) groups is 2. The van der Waals surface area contributed by atoms with E-state index in [0.29, 0.717) is 0 Å². The van der Waals surface area contributed by atoms with Crippen molar-refractivity contribution in [2.75, 3.05) is 18.4 Å². The number of carbonyl (C=O) groups excluding carboxylic acids is 1. The predicted molar refractivity (Wildman–Crippen MR) is 74.3 cm³/mol. The summed E-state index contributed by atoms with van der Waals surface area (Å²) >= 11 is 0. The first-order valence-electron chi connectivity index (χ1n) is 6.98. The molecule has 0 bridgehead atoms. The number of ether oxygens (including phenoxy) is 1. The lowest BCUT2D eigenvalue weighted by molar-refractivity contribution is -0.187. The summed E-state index contributed by atoms with van der Waals surface area (Å²) in [5.41, 5.74) is 0.133. The van der Waals surface area contributed by atoms with Crippen LogP contribution >= 0.6 is 0 Å². The van der Waals surface area contributed by atoms with Gasteiger partial charge in [-0.3, -0.25) is 4.79 Å². The van der Waals surface area contributed by atoms with Gasteiger partial charge < -0.3 is 20.1 Å². The topological polar surface area (TPSA) is 78.9 Å². The van der Waals surface area contributed by atoms with E-state index in [1.165, 1.54) is 12.1 Å². The second-order valence-corrected chi connectivity index (χ2v) is 5.33. The molecule has 1 saturated heterocycles. The Kier molecular flexibility index (Phi) is 5.33. The first-order chi connectivity index (χ1) is 11.6. The number of benzene rings is 1. The summed E-state index contributed by atoms with van der Waals surface area (Å²) in [5, 5.41) is 11.2. The first-order valence-corrected chi connectivity index (χ1v) is 6.98. The summed E-state index contributed by atoms with van der Waals surface area (Å²) in [4.78, 5) is 23.7. The summed E-state index contributed by atoms with van der Waals surface area (Å²) in [5.74, 6) is -5.69. The van der Waals surface area contributed by atoms with Gasteiger partial charge in [0.2, 0.25) is 0 Å². The van der Waals surface area contributed by atoms with E-state index in [9.17, 15) is 31.5 Å². The fourth-order valence-electron chi connectivity index (χ4n) is 2.47. The molecular formula is C14H13F5N2O4. The fraction of sp³-hybridized carbons (Fsp3) is 0.429. The van der Waals surface area contributed by atoms with Crippen LogP contribution in [0.5, 0.6) is 5.75 Å². The molecule has 25 heavy (non-hydrogen) atoms. The number of alkyl halides is 5. The van der Waals surface area contributed by atoms with Crippen molar-refractivity contribution < 1.29 is 41.4 Å². The predicted octanol–water partition coefficient (Wildman–Crippen LogP) is 3.01. The quantitative estimate of drug-likeness (QED) is 0.801. The SMILES string of the molecule is O=C(O)[C@@H]1CN(C(=O)Nc2ccc(OC(F)F)cc2)C[C@H]1C(F)(F)F. The Labute approximate surface area is 138 Å². The van der Waals surface area contributed by atoms with Crippen molar-refractivity contribution in [3.8, 4) is 5.75 Å². The third-order valence-electron chi connectivity index (χ3n) is 3.68. The fourth-order valence-corrected chi connectivity index (χ4v) is 2.47. The number of urea groups is 1. The van der Waals surface area contributed by atoms with Gasteiger partial charge in [-0.2, -0.15) is 22.0 Å². The van der Waals surface area contributed by atoms with Crippen molar-refractivity contribution in [1.82, 2.24) is 4.90 Å². The number of hydrogen-bond donors (Lipinski definition) is 2. The molecule has 2 rings (SSSR count). The van der Waals surface area contributed by atoms with Gasteiger partial charge in [-0.25, -0.2) is 4.79 Å². The van der Waals surface area contributed by atoms with Crippen LogP contribution in [0.3, 0.4) is 0 Å². The molecule has 0 aliphatic carbocycles. The molecule has 1 heterocycles. The maximum atomic E-state index is 12.9. The smallest absolute Gasteiger partial charge is 0.394 e. The van der Waals surface area contributed by atoms with Gasteiger partial charge in [-0.05, 0) is 24.3 Å². The Bertz CT molecular complexity index is 635. The number of halogens is 5. The van der Waals surface area contributed by atoms with Crippen LogP contribution in [0, 0.1) is 11.8 Å². The van der Waals surface area contributed by atoms with Crippen molar-refractivity contribution in [3.05, 3.63) is 24.3 Å². The lowest BCUT2D eigenvalue weighted by Gasteiger charge is -2.18. The van der Waals surface area contributed by atoms with Gasteiger partial charge in [0.15, 0.2) is 0 Å². The Balaban J connectivity index is 2.02. The molecule has 1 aliphatic rings. The molecule has 1 aliphatic heterocycles. The molecule has 1 aromatic carbocycles. The van der Waals surface area contributed by atoms with Crippen molar-refractivity contribution in [2.45, 2.75) is 12.8 Å². The molecule has 138 valence electrons. The number of anilines is 1. The van der Waals surface area contributed by atoms with E-state index in [-0.39, 0.29) is 11.4 Å². The molecule has 6 nitrogen and oxygen atoms in total. The number of carboxylic acids is 1. The molecular weight excluding hydrogens is 355 g/mol. The molecule has 0 spiro atoms. The molecule has 0 unspecified atom stereocenters. The Morgan fingerprint density at radius 1 is 1.20 bits per heavy atom. The van der Waals surface area contributed by atoms with E-state index in [1.54, 1.807) is 0 Å². The Morgan fingerprint density at radius 3 is 2.24 bits per heavy atom. The van der Waals surface area contributed by atoms with E-state index in [2.05, 4.69) is 10.1 Å². The Morgan fingerprint density at radius 2 is 1.80 bits per heavy atom. The van der Waals surface area contributed by atoms with E-state index in [1.807, 2.05) is 0 Å². The number of amides is 2. The number of nitrogens with zero attached hydrogens (tertiary/aromatic N) is 1. The van der Waals surface area contributed by atoms with Gasteiger partial charge in [-0.1, -0.05) is 0 Å². The van der Waals surface area contributed by atoms with E-state index < -0.39 is 49.7 Å². The average Bonchev–Trinajstić information content (AvgIpc) is 2.94. The van der Waals surface area contributed by atoms with Crippen LogP contribution < -0.4 is 10.1 Å². The second kappa shape index (κ2) is 7.11. The minimum Gasteiger partial charge on any atom is -0.481 e. The highest BCUT2D eigenvalue weighted by Gasteiger charge is 2.53. The molecule has 1 fully saturated rings. The Hall–Kier alpha value is -2.59. The van der Waals surface area contributed by atoms with Gasteiger partial charge in [-0.15, -0.1) is 0 Å². The third kappa shape index (κ3) is 4.70. The van der Waals surface area contributed by atoms with Crippen LogP contribution in [-0.4, -0.2) is 47.9 Å². The number of nitrogens with one attached hydrogen (secondary N) is 1. The van der Waals surface area contributed by atoms with Gasteiger partial charge in [0.05, 0.1) is 11.8 Å².